The van der Waals surface area contributed by atoms with Gasteiger partial charge in [-0.2, -0.15) is 15.1 Å². The van der Waals surface area contributed by atoms with Crippen molar-refractivity contribution in [1.29, 1.82) is 0 Å². The second kappa shape index (κ2) is 5.87. The predicted molar refractivity (Wildman–Crippen MR) is 76.6 cm³/mol. The third kappa shape index (κ3) is 2.88. The summed E-state index contributed by atoms with van der Waals surface area (Å²) in [5, 5.41) is 11.1. The largest absolute Gasteiger partial charge is 0.369 e. The van der Waals surface area contributed by atoms with Crippen molar-refractivity contribution in [2.75, 3.05) is 11.9 Å². The third-order valence-corrected chi connectivity index (χ3v) is 3.15. The summed E-state index contributed by atoms with van der Waals surface area (Å²) in [6, 6.07) is 0. The fourth-order valence-corrected chi connectivity index (χ4v) is 2.16. The number of nitrogens with one attached hydrogen (secondary N) is 2. The third-order valence-electron chi connectivity index (χ3n) is 2.98. The number of aryl methyl sites for hydroxylation is 1. The van der Waals surface area contributed by atoms with Crippen LogP contribution in [0.3, 0.4) is 0 Å². The molecule has 0 fully saturated rings. The van der Waals surface area contributed by atoms with Gasteiger partial charge in [-0.05, 0) is 24.4 Å². The van der Waals surface area contributed by atoms with E-state index in [0.29, 0.717) is 5.65 Å². The highest BCUT2D eigenvalue weighted by molar-refractivity contribution is 6.28. The molecule has 104 valence electrons. The number of rotatable bonds is 6. The zero-order valence-corrected chi connectivity index (χ0v) is 11.5. The molecule has 0 saturated heterocycles. The molecule has 2 N–H and O–H groups in total. The van der Waals surface area contributed by atoms with Crippen molar-refractivity contribution >= 4 is 28.5 Å². The van der Waals surface area contributed by atoms with E-state index in [9.17, 15) is 0 Å². The molecule has 0 atom stereocenters. The summed E-state index contributed by atoms with van der Waals surface area (Å²) < 4.78 is 2.07. The number of hydrogen-bond acceptors (Lipinski definition) is 5. The molecule has 0 bridgehead atoms. The summed E-state index contributed by atoms with van der Waals surface area (Å²) >= 11 is 5.87. The average molecular weight is 292 g/mol. The van der Waals surface area contributed by atoms with Gasteiger partial charge in [-0.3, -0.25) is 5.10 Å². The minimum absolute atomic E-state index is 0.211. The number of aromatic nitrogens is 6. The summed E-state index contributed by atoms with van der Waals surface area (Å²) in [5.41, 5.74) is 0.644. The second-order valence-corrected chi connectivity index (χ2v) is 4.75. The Bertz CT molecular complexity index is 676. The van der Waals surface area contributed by atoms with Gasteiger partial charge in [0.15, 0.2) is 5.65 Å². The van der Waals surface area contributed by atoms with Crippen LogP contribution < -0.4 is 5.32 Å². The summed E-state index contributed by atoms with van der Waals surface area (Å²) in [4.78, 5) is 12.3. The van der Waals surface area contributed by atoms with Gasteiger partial charge in [0.1, 0.15) is 5.82 Å². The summed E-state index contributed by atoms with van der Waals surface area (Å²) in [7, 11) is 0. The number of fused-ring (bicyclic) bond motifs is 1. The first-order valence-corrected chi connectivity index (χ1v) is 6.77. The number of hydrogen-bond donors (Lipinski definition) is 2. The maximum absolute atomic E-state index is 5.87. The first kappa shape index (κ1) is 12.9. The van der Waals surface area contributed by atoms with Crippen LogP contribution >= 0.6 is 11.6 Å². The van der Waals surface area contributed by atoms with Crippen LogP contribution in [0.25, 0.3) is 11.0 Å². The quantitative estimate of drug-likeness (QED) is 0.537. The number of nitrogens with zero attached hydrogens (tertiary/aromatic N) is 5. The fourth-order valence-electron chi connectivity index (χ4n) is 1.99. The normalized spacial score (nSPS) is 11.1. The number of anilines is 1. The first-order valence-electron chi connectivity index (χ1n) is 6.39. The molecule has 3 heterocycles. The topological polar surface area (TPSA) is 84.3 Å². The number of H-pyrrole nitrogens is 1. The van der Waals surface area contributed by atoms with Crippen LogP contribution in [0, 0.1) is 0 Å². The van der Waals surface area contributed by atoms with E-state index in [0.717, 1.165) is 37.1 Å². The van der Waals surface area contributed by atoms with E-state index in [1.54, 1.807) is 12.4 Å². The van der Waals surface area contributed by atoms with E-state index >= 15 is 0 Å². The molecule has 0 spiro atoms. The van der Waals surface area contributed by atoms with Crippen molar-refractivity contribution < 1.29 is 0 Å². The molecule has 0 amide bonds. The summed E-state index contributed by atoms with van der Waals surface area (Å²) in [6.07, 6.45) is 9.37. The van der Waals surface area contributed by atoms with Gasteiger partial charge in [-0.25, -0.2) is 4.98 Å². The average Bonchev–Trinajstić information content (AvgIpc) is 3.08. The molecule has 3 aromatic rings. The number of halogens is 1. The Morgan fingerprint density at radius 3 is 3.10 bits per heavy atom. The van der Waals surface area contributed by atoms with E-state index < -0.39 is 0 Å². The number of aromatic amines is 1. The highest BCUT2D eigenvalue weighted by Crippen LogP contribution is 2.19. The summed E-state index contributed by atoms with van der Waals surface area (Å²) in [5.74, 6) is 0.719. The Morgan fingerprint density at radius 2 is 2.25 bits per heavy atom. The Balaban J connectivity index is 1.53. The zero-order chi connectivity index (χ0) is 13.8. The van der Waals surface area contributed by atoms with Crippen LogP contribution in [0.5, 0.6) is 0 Å². The lowest BCUT2D eigenvalue weighted by molar-refractivity contribution is 0.621. The van der Waals surface area contributed by atoms with Gasteiger partial charge >= 0.3 is 0 Å². The Morgan fingerprint density at radius 1 is 1.30 bits per heavy atom. The van der Waals surface area contributed by atoms with Gasteiger partial charge in [-0.15, -0.1) is 0 Å². The number of unbranched alkanes of at least 4 members (excludes halogenated alkanes) is 1. The molecular weight excluding hydrogens is 278 g/mol. The van der Waals surface area contributed by atoms with Crippen LogP contribution in [-0.2, 0) is 6.54 Å². The molecule has 3 aromatic heterocycles. The molecule has 0 saturated carbocycles. The van der Waals surface area contributed by atoms with Gasteiger partial charge in [0.2, 0.25) is 5.28 Å². The lowest BCUT2D eigenvalue weighted by Crippen LogP contribution is -2.06. The van der Waals surface area contributed by atoms with Gasteiger partial charge < -0.3 is 9.88 Å². The van der Waals surface area contributed by atoms with Crippen molar-refractivity contribution in [3.8, 4) is 0 Å². The Labute approximate surface area is 120 Å². The van der Waals surface area contributed by atoms with E-state index in [-0.39, 0.29) is 5.28 Å². The molecule has 7 nitrogen and oxygen atoms in total. The smallest absolute Gasteiger partial charge is 0.226 e. The molecule has 0 aromatic carbocycles. The van der Waals surface area contributed by atoms with Crippen LogP contribution in [0.15, 0.2) is 24.9 Å². The number of imidazole rings is 1. The second-order valence-electron chi connectivity index (χ2n) is 4.41. The molecule has 0 unspecified atom stereocenters. The standard InChI is InChI=1S/C12H14ClN7/c13-12-17-10(9-7-16-19-11(9)18-12)15-3-1-2-5-20-6-4-14-8-20/h4,6-8H,1-3,5H2,(H2,15,16,17,18,19). The zero-order valence-electron chi connectivity index (χ0n) is 10.8. The van der Waals surface area contributed by atoms with Crippen molar-refractivity contribution in [1.82, 2.24) is 29.7 Å². The van der Waals surface area contributed by atoms with E-state index in [2.05, 4.69) is 35.0 Å². The van der Waals surface area contributed by atoms with E-state index in [1.807, 2.05) is 12.5 Å². The van der Waals surface area contributed by atoms with Gasteiger partial charge in [0.25, 0.3) is 0 Å². The highest BCUT2D eigenvalue weighted by Gasteiger charge is 2.07. The SMILES string of the molecule is Clc1nc(NCCCCn2ccnc2)c2cn[nH]c2n1. The lowest BCUT2D eigenvalue weighted by Gasteiger charge is -2.07. The van der Waals surface area contributed by atoms with Crippen LogP contribution in [-0.4, -0.2) is 36.3 Å². The van der Waals surface area contributed by atoms with Crippen LogP contribution in [0.2, 0.25) is 5.28 Å². The molecule has 8 heteroatoms. The van der Waals surface area contributed by atoms with Crippen molar-refractivity contribution in [2.24, 2.45) is 0 Å². The molecule has 0 aliphatic carbocycles. The maximum atomic E-state index is 5.87. The molecule has 0 aliphatic heterocycles. The molecule has 0 aliphatic rings. The molecular formula is C12H14ClN7. The monoisotopic (exact) mass is 291 g/mol. The summed E-state index contributed by atoms with van der Waals surface area (Å²) in [6.45, 7) is 1.79. The van der Waals surface area contributed by atoms with Crippen molar-refractivity contribution in [3.63, 3.8) is 0 Å². The minimum atomic E-state index is 0.211. The molecule has 3 rings (SSSR count). The molecule has 0 radical (unpaired) electrons. The van der Waals surface area contributed by atoms with E-state index in [1.165, 1.54) is 0 Å². The molecule has 20 heavy (non-hydrogen) atoms. The van der Waals surface area contributed by atoms with Gasteiger partial charge in [0, 0.05) is 25.5 Å². The maximum Gasteiger partial charge on any atom is 0.226 e. The highest BCUT2D eigenvalue weighted by atomic mass is 35.5. The predicted octanol–water partition coefficient (Wildman–Crippen LogP) is 2.10. The van der Waals surface area contributed by atoms with Crippen molar-refractivity contribution in [2.45, 2.75) is 19.4 Å². The minimum Gasteiger partial charge on any atom is -0.369 e. The van der Waals surface area contributed by atoms with E-state index in [4.69, 9.17) is 11.6 Å². The van der Waals surface area contributed by atoms with Crippen LogP contribution in [0.4, 0.5) is 5.82 Å². The van der Waals surface area contributed by atoms with Gasteiger partial charge in [0.05, 0.1) is 17.9 Å². The first-order chi connectivity index (χ1) is 9.83. The van der Waals surface area contributed by atoms with Crippen molar-refractivity contribution in [3.05, 3.63) is 30.2 Å². The van der Waals surface area contributed by atoms with Crippen LogP contribution in [0.1, 0.15) is 12.8 Å². The fraction of sp³-hybridized carbons (Fsp3) is 0.333. The van der Waals surface area contributed by atoms with Gasteiger partial charge in [-0.1, -0.05) is 0 Å². The lowest BCUT2D eigenvalue weighted by atomic mass is 10.3. The Hall–Kier alpha value is -2.15. The Kier molecular flexibility index (Phi) is 3.78.